The highest BCUT2D eigenvalue weighted by Crippen LogP contribution is 2.68. The van der Waals surface area contributed by atoms with Gasteiger partial charge in [0.25, 0.3) is 6.47 Å². The van der Waals surface area contributed by atoms with Crippen molar-refractivity contribution in [1.82, 2.24) is 5.32 Å². The number of aryl methyl sites for hydroxylation is 1. The summed E-state index contributed by atoms with van der Waals surface area (Å²) in [5.41, 5.74) is 2.12. The van der Waals surface area contributed by atoms with Crippen LogP contribution in [0.15, 0.2) is 10.8 Å². The van der Waals surface area contributed by atoms with Crippen molar-refractivity contribution in [2.24, 2.45) is 16.7 Å². The van der Waals surface area contributed by atoms with E-state index in [1.165, 1.54) is 0 Å². The molecule has 0 spiro atoms. The van der Waals surface area contributed by atoms with Crippen LogP contribution in [0.4, 0.5) is 0 Å². The minimum atomic E-state index is -0.277. The van der Waals surface area contributed by atoms with Crippen molar-refractivity contribution < 1.29 is 14.3 Å². The predicted octanol–water partition coefficient (Wildman–Crippen LogP) is 3.07. The van der Waals surface area contributed by atoms with Gasteiger partial charge in [0.2, 0.25) is 5.91 Å². The summed E-state index contributed by atoms with van der Waals surface area (Å²) >= 11 is 1.58. The van der Waals surface area contributed by atoms with Gasteiger partial charge in [0.15, 0.2) is 0 Å². The Balaban J connectivity index is 2.12. The lowest BCUT2D eigenvalue weighted by molar-refractivity contribution is -0.131. The van der Waals surface area contributed by atoms with E-state index in [1.54, 1.807) is 11.3 Å². The molecular weight excluding hydrogens is 286 g/mol. The molecule has 0 bridgehead atoms. The summed E-state index contributed by atoms with van der Waals surface area (Å²) in [6.07, 6.45) is 0. The third kappa shape index (κ3) is 2.71. The van der Waals surface area contributed by atoms with Crippen molar-refractivity contribution in [2.45, 2.75) is 40.7 Å². The average Bonchev–Trinajstić information content (AvgIpc) is 2.69. The van der Waals surface area contributed by atoms with Gasteiger partial charge in [-0.25, -0.2) is 0 Å². The Labute approximate surface area is 129 Å². The second-order valence-electron chi connectivity index (χ2n) is 6.88. The number of nitrogens with one attached hydrogen (secondary N) is 1. The van der Waals surface area contributed by atoms with Gasteiger partial charge in [-0.2, -0.15) is 11.3 Å². The van der Waals surface area contributed by atoms with Gasteiger partial charge in [-0.15, -0.1) is 0 Å². The number of hydrogen-bond acceptors (Lipinski definition) is 4. The second-order valence-corrected chi connectivity index (χ2v) is 7.62. The Bertz CT molecular complexity index is 533. The number of amides is 1. The minimum Gasteiger partial charge on any atom is -0.465 e. The Kier molecular flexibility index (Phi) is 4.15. The zero-order valence-corrected chi connectivity index (χ0v) is 14.0. The molecule has 1 unspecified atom stereocenters. The summed E-state index contributed by atoms with van der Waals surface area (Å²) in [4.78, 5) is 23.0. The lowest BCUT2D eigenvalue weighted by atomic mass is 10.0. The highest BCUT2D eigenvalue weighted by molar-refractivity contribution is 7.08. The van der Waals surface area contributed by atoms with Crippen molar-refractivity contribution in [3.8, 4) is 0 Å². The number of carbonyl (C=O) groups is 2. The summed E-state index contributed by atoms with van der Waals surface area (Å²) in [6.45, 7) is 11.0. The van der Waals surface area contributed by atoms with Crippen LogP contribution < -0.4 is 5.32 Å². The SMILES string of the molecule is Cc1cscc1C(COC=O)NC(=O)C1C(C)(C)C1(C)C. The fourth-order valence-corrected chi connectivity index (χ4v) is 4.08. The van der Waals surface area contributed by atoms with Crippen molar-refractivity contribution >= 4 is 23.7 Å². The zero-order valence-electron chi connectivity index (χ0n) is 13.2. The molecule has 0 radical (unpaired) electrons. The number of carbonyl (C=O) groups excluding carboxylic acids is 2. The van der Waals surface area contributed by atoms with Crippen LogP contribution in [0.1, 0.15) is 44.9 Å². The van der Waals surface area contributed by atoms with E-state index >= 15 is 0 Å². The highest BCUT2D eigenvalue weighted by atomic mass is 32.1. The van der Waals surface area contributed by atoms with Crippen LogP contribution in [0, 0.1) is 23.7 Å². The van der Waals surface area contributed by atoms with E-state index in [9.17, 15) is 9.59 Å². The standard InChI is InChI=1S/C16H23NO3S/c1-10-7-21-8-11(10)12(6-20-9-18)17-14(19)13-15(2,3)16(13,4)5/h7-9,12-13H,6H2,1-5H3,(H,17,19). The van der Waals surface area contributed by atoms with Crippen LogP contribution in [-0.4, -0.2) is 19.0 Å². The van der Waals surface area contributed by atoms with Gasteiger partial charge in [-0.05, 0) is 39.6 Å². The lowest BCUT2D eigenvalue weighted by Crippen LogP contribution is -2.34. The first kappa shape index (κ1) is 16.0. The third-order valence-corrected chi connectivity index (χ3v) is 6.08. The summed E-state index contributed by atoms with van der Waals surface area (Å²) in [7, 11) is 0. The van der Waals surface area contributed by atoms with Crippen LogP contribution >= 0.6 is 11.3 Å². The van der Waals surface area contributed by atoms with E-state index in [0.717, 1.165) is 11.1 Å². The summed E-state index contributed by atoms with van der Waals surface area (Å²) < 4.78 is 4.89. The number of ether oxygens (including phenoxy) is 1. The molecule has 1 N–H and O–H groups in total. The minimum absolute atomic E-state index is 0.00313. The third-order valence-electron chi connectivity index (χ3n) is 5.20. The van der Waals surface area contributed by atoms with Crippen LogP contribution in [0.25, 0.3) is 0 Å². The van der Waals surface area contributed by atoms with E-state index in [4.69, 9.17) is 4.74 Å². The van der Waals surface area contributed by atoms with Gasteiger partial charge in [0.1, 0.15) is 6.61 Å². The molecule has 1 amide bonds. The van der Waals surface area contributed by atoms with Crippen LogP contribution in [0.3, 0.4) is 0 Å². The molecule has 0 saturated heterocycles. The van der Waals surface area contributed by atoms with Crippen LogP contribution in [-0.2, 0) is 14.3 Å². The van der Waals surface area contributed by atoms with E-state index < -0.39 is 0 Å². The van der Waals surface area contributed by atoms with Gasteiger partial charge >= 0.3 is 0 Å². The summed E-state index contributed by atoms with van der Waals surface area (Å²) in [6, 6.07) is -0.277. The molecule has 1 aliphatic carbocycles. The molecule has 4 nitrogen and oxygen atoms in total. The Morgan fingerprint density at radius 2 is 2.00 bits per heavy atom. The first-order valence-electron chi connectivity index (χ1n) is 7.11. The fraction of sp³-hybridized carbons (Fsp3) is 0.625. The molecule has 0 aromatic carbocycles. The molecule has 2 rings (SSSR count). The fourth-order valence-electron chi connectivity index (χ4n) is 3.18. The van der Waals surface area contributed by atoms with Crippen LogP contribution in [0.2, 0.25) is 0 Å². The Morgan fingerprint density at radius 1 is 1.38 bits per heavy atom. The van der Waals surface area contributed by atoms with Gasteiger partial charge in [0.05, 0.1) is 6.04 Å². The Morgan fingerprint density at radius 3 is 2.43 bits per heavy atom. The quantitative estimate of drug-likeness (QED) is 0.822. The molecular formula is C16H23NO3S. The largest absolute Gasteiger partial charge is 0.465 e. The van der Waals surface area contributed by atoms with E-state index in [2.05, 4.69) is 33.0 Å². The summed E-state index contributed by atoms with van der Waals surface area (Å²) in [5.74, 6) is 0.0257. The topological polar surface area (TPSA) is 55.4 Å². The van der Waals surface area contributed by atoms with Gasteiger partial charge in [-0.1, -0.05) is 27.7 Å². The maximum absolute atomic E-state index is 12.6. The van der Waals surface area contributed by atoms with E-state index in [0.29, 0.717) is 6.47 Å². The number of thiophene rings is 1. The molecule has 21 heavy (non-hydrogen) atoms. The molecule has 1 atom stereocenters. The van der Waals surface area contributed by atoms with Crippen molar-refractivity contribution in [2.75, 3.05) is 6.61 Å². The second kappa shape index (κ2) is 5.44. The molecule has 1 heterocycles. The first-order chi connectivity index (χ1) is 9.73. The molecule has 1 fully saturated rings. The summed E-state index contributed by atoms with van der Waals surface area (Å²) in [5, 5.41) is 7.08. The van der Waals surface area contributed by atoms with E-state index in [1.807, 2.05) is 17.7 Å². The van der Waals surface area contributed by atoms with Crippen molar-refractivity contribution in [1.29, 1.82) is 0 Å². The number of hydrogen-bond donors (Lipinski definition) is 1. The molecule has 1 aromatic rings. The molecule has 1 saturated carbocycles. The zero-order chi connectivity index (χ0) is 15.8. The smallest absolute Gasteiger partial charge is 0.293 e. The average molecular weight is 309 g/mol. The van der Waals surface area contributed by atoms with Gasteiger partial charge in [-0.3, -0.25) is 9.59 Å². The lowest BCUT2D eigenvalue weighted by Gasteiger charge is -2.18. The predicted molar refractivity (Wildman–Crippen MR) is 83.0 cm³/mol. The molecule has 116 valence electrons. The molecule has 1 aromatic heterocycles. The van der Waals surface area contributed by atoms with Crippen molar-refractivity contribution in [3.05, 3.63) is 21.9 Å². The monoisotopic (exact) mass is 309 g/mol. The molecule has 0 aliphatic heterocycles. The number of rotatable bonds is 6. The first-order valence-corrected chi connectivity index (χ1v) is 8.06. The highest BCUT2D eigenvalue weighted by Gasteiger charge is 2.68. The molecule has 1 aliphatic rings. The maximum Gasteiger partial charge on any atom is 0.293 e. The Hall–Kier alpha value is -1.36. The normalized spacial score (nSPS) is 20.6. The van der Waals surface area contributed by atoms with Crippen LogP contribution in [0.5, 0.6) is 0 Å². The molecule has 5 heteroatoms. The maximum atomic E-state index is 12.6. The van der Waals surface area contributed by atoms with E-state index in [-0.39, 0.29) is 35.3 Å². The van der Waals surface area contributed by atoms with Gasteiger partial charge < -0.3 is 10.1 Å². The van der Waals surface area contributed by atoms with Gasteiger partial charge in [0, 0.05) is 5.92 Å². The van der Waals surface area contributed by atoms with Crippen molar-refractivity contribution in [3.63, 3.8) is 0 Å².